The second-order valence-electron chi connectivity index (χ2n) is 16.8. The largest absolute Gasteiger partial charge is 0.472 e. The molecule has 0 fully saturated rings. The Bertz CT molecular complexity index is 896. The number of carbonyl (C=O) groups excluding carboxylic acids is 2. The van der Waals surface area contributed by atoms with Crippen molar-refractivity contribution in [1.82, 2.24) is 0 Å². The van der Waals surface area contributed by atoms with Crippen LogP contribution in [0.1, 0.15) is 219 Å². The molecule has 1 N–H and O–H groups in total. The average Bonchev–Trinajstić information content (AvgIpc) is 3.12. The zero-order valence-electron chi connectivity index (χ0n) is 36.2. The van der Waals surface area contributed by atoms with Crippen molar-refractivity contribution in [1.29, 1.82) is 0 Å². The third-order valence-electron chi connectivity index (χ3n) is 10.1. The van der Waals surface area contributed by atoms with Crippen LogP contribution in [0.3, 0.4) is 0 Å². The van der Waals surface area contributed by atoms with Crippen molar-refractivity contribution in [3.05, 3.63) is 0 Å². The van der Waals surface area contributed by atoms with Crippen LogP contribution in [0.2, 0.25) is 0 Å². The minimum absolute atomic E-state index is 0.0364. The summed E-state index contributed by atoms with van der Waals surface area (Å²) in [7, 11) is 1.49. The molecule has 0 aliphatic carbocycles. The molecule has 0 radical (unpaired) electrons. The van der Waals surface area contributed by atoms with Gasteiger partial charge in [-0.25, -0.2) is 4.57 Å². The number of rotatable bonds is 42. The number of quaternary nitrogens is 1. The molecule has 2 unspecified atom stereocenters. The fraction of sp³-hybridized carbons (Fsp3) is 0.955. The van der Waals surface area contributed by atoms with E-state index in [1.807, 2.05) is 21.1 Å². The van der Waals surface area contributed by atoms with Crippen molar-refractivity contribution in [2.24, 2.45) is 0 Å². The van der Waals surface area contributed by atoms with Gasteiger partial charge in [-0.15, -0.1) is 0 Å². The molecular weight excluding hydrogens is 701 g/mol. The highest BCUT2D eigenvalue weighted by Crippen LogP contribution is 2.43. The van der Waals surface area contributed by atoms with Gasteiger partial charge in [0.25, 0.3) is 0 Å². The van der Waals surface area contributed by atoms with Crippen LogP contribution in [0.25, 0.3) is 0 Å². The van der Waals surface area contributed by atoms with E-state index in [1.165, 1.54) is 154 Å². The van der Waals surface area contributed by atoms with Gasteiger partial charge in [-0.3, -0.25) is 18.6 Å². The minimum Gasteiger partial charge on any atom is -0.462 e. The molecule has 2 atom stereocenters. The molecule has 0 spiro atoms. The Balaban J connectivity index is 4.09. The van der Waals surface area contributed by atoms with Gasteiger partial charge < -0.3 is 18.9 Å². The van der Waals surface area contributed by atoms with Crippen molar-refractivity contribution in [2.75, 3.05) is 47.5 Å². The SMILES string of the molecule is CCCCCCCCCCCCCCCCCCCCCCCCC(=O)OCC(COP(=O)(O)OCC[N+](C)(C)C)OC(=O)CCCCCCCCCC. The second kappa shape index (κ2) is 37.6. The van der Waals surface area contributed by atoms with E-state index in [-0.39, 0.29) is 25.6 Å². The number of phosphoric ester groups is 1. The van der Waals surface area contributed by atoms with Crippen molar-refractivity contribution in [3.8, 4) is 0 Å². The summed E-state index contributed by atoms with van der Waals surface area (Å²) in [5, 5.41) is 0. The van der Waals surface area contributed by atoms with Crippen LogP contribution in [0.4, 0.5) is 0 Å². The van der Waals surface area contributed by atoms with Gasteiger partial charge in [0, 0.05) is 12.8 Å². The number of likely N-dealkylation sites (N-methyl/N-ethyl adjacent to an activating group) is 1. The van der Waals surface area contributed by atoms with E-state index in [2.05, 4.69) is 13.8 Å². The van der Waals surface area contributed by atoms with Gasteiger partial charge in [-0.2, -0.15) is 0 Å². The lowest BCUT2D eigenvalue weighted by atomic mass is 10.0. The molecule has 0 aliphatic heterocycles. The quantitative estimate of drug-likeness (QED) is 0.0282. The molecule has 0 aromatic rings. The van der Waals surface area contributed by atoms with Crippen LogP contribution in [0, 0.1) is 0 Å². The molecule has 322 valence electrons. The third kappa shape index (κ3) is 40.7. The molecule has 0 saturated heterocycles. The van der Waals surface area contributed by atoms with E-state index in [1.54, 1.807) is 0 Å². The van der Waals surface area contributed by atoms with Gasteiger partial charge >= 0.3 is 19.8 Å². The number of phosphoric acid groups is 1. The van der Waals surface area contributed by atoms with Crippen molar-refractivity contribution in [3.63, 3.8) is 0 Å². The highest BCUT2D eigenvalue weighted by molar-refractivity contribution is 7.47. The maximum Gasteiger partial charge on any atom is 0.472 e. The molecule has 0 aromatic heterocycles. The summed E-state index contributed by atoms with van der Waals surface area (Å²) in [5.74, 6) is -0.789. The molecule has 0 amide bonds. The summed E-state index contributed by atoms with van der Waals surface area (Å²) in [6, 6.07) is 0. The monoisotopic (exact) mass is 791 g/mol. The Morgan fingerprint density at radius 2 is 0.833 bits per heavy atom. The predicted octanol–water partition coefficient (Wildman–Crippen LogP) is 12.8. The summed E-state index contributed by atoms with van der Waals surface area (Å²) >= 11 is 0. The molecular formula is C44H89NO8P+. The molecule has 9 nitrogen and oxygen atoms in total. The van der Waals surface area contributed by atoms with Gasteiger partial charge in [0.1, 0.15) is 19.8 Å². The zero-order chi connectivity index (χ0) is 40.0. The first-order valence-electron chi connectivity index (χ1n) is 22.8. The first-order chi connectivity index (χ1) is 26.0. The van der Waals surface area contributed by atoms with Crippen molar-refractivity contribution >= 4 is 19.8 Å². The molecule has 0 heterocycles. The van der Waals surface area contributed by atoms with Gasteiger partial charge in [-0.05, 0) is 12.8 Å². The molecule has 10 heteroatoms. The van der Waals surface area contributed by atoms with Gasteiger partial charge in [0.2, 0.25) is 0 Å². The Kier molecular flexibility index (Phi) is 36.9. The summed E-state index contributed by atoms with van der Waals surface area (Å²) in [6.07, 6.45) is 37.4. The highest BCUT2D eigenvalue weighted by Gasteiger charge is 2.27. The Hall–Kier alpha value is -0.990. The van der Waals surface area contributed by atoms with Crippen LogP contribution in [-0.4, -0.2) is 74.9 Å². The first-order valence-corrected chi connectivity index (χ1v) is 24.3. The minimum atomic E-state index is -4.36. The maximum absolute atomic E-state index is 12.6. The van der Waals surface area contributed by atoms with E-state index in [4.69, 9.17) is 18.5 Å². The Morgan fingerprint density at radius 1 is 0.500 bits per heavy atom. The summed E-state index contributed by atoms with van der Waals surface area (Å²) < 4.78 is 34.2. The van der Waals surface area contributed by atoms with Gasteiger partial charge in [0.15, 0.2) is 6.10 Å². The standard InChI is InChI=1S/C44H88NO8P/c1-6-8-10-12-14-16-17-18-19-20-21-22-23-24-25-26-27-28-29-31-32-34-36-43(46)50-40-42(41-52-54(48,49)51-39-38-45(3,4)5)53-44(47)37-35-33-30-15-13-11-9-7-2/h42H,6-41H2,1-5H3/p+1. The number of nitrogens with zero attached hydrogens (tertiary/aromatic N) is 1. The van der Waals surface area contributed by atoms with Crippen molar-refractivity contribution in [2.45, 2.75) is 225 Å². The zero-order valence-corrected chi connectivity index (χ0v) is 37.1. The third-order valence-corrected chi connectivity index (χ3v) is 11.1. The average molecular weight is 791 g/mol. The van der Waals surface area contributed by atoms with Gasteiger partial charge in [-0.1, -0.05) is 194 Å². The first kappa shape index (κ1) is 53.0. The van der Waals surface area contributed by atoms with E-state index in [0.717, 1.165) is 32.1 Å². The highest BCUT2D eigenvalue weighted by atomic mass is 31.2. The molecule has 0 rings (SSSR count). The van der Waals surface area contributed by atoms with E-state index in [9.17, 15) is 19.0 Å². The lowest BCUT2D eigenvalue weighted by Crippen LogP contribution is -2.37. The number of esters is 2. The van der Waals surface area contributed by atoms with Crippen LogP contribution in [0.5, 0.6) is 0 Å². The molecule has 54 heavy (non-hydrogen) atoms. The van der Waals surface area contributed by atoms with E-state index < -0.39 is 26.5 Å². The molecule has 0 saturated carbocycles. The smallest absolute Gasteiger partial charge is 0.462 e. The van der Waals surface area contributed by atoms with Gasteiger partial charge in [0.05, 0.1) is 27.7 Å². The number of unbranched alkanes of at least 4 members (excludes halogenated alkanes) is 28. The lowest BCUT2D eigenvalue weighted by Gasteiger charge is -2.24. The number of hydrogen-bond acceptors (Lipinski definition) is 7. The van der Waals surface area contributed by atoms with Crippen LogP contribution in [0.15, 0.2) is 0 Å². The fourth-order valence-electron chi connectivity index (χ4n) is 6.54. The second-order valence-corrected chi connectivity index (χ2v) is 18.3. The number of carbonyl (C=O) groups is 2. The molecule has 0 aliphatic rings. The Morgan fingerprint density at radius 3 is 1.19 bits per heavy atom. The molecule has 0 bridgehead atoms. The van der Waals surface area contributed by atoms with Crippen LogP contribution < -0.4 is 0 Å². The molecule has 0 aromatic carbocycles. The predicted molar refractivity (Wildman–Crippen MR) is 225 cm³/mol. The summed E-state index contributed by atoms with van der Waals surface area (Å²) in [5.41, 5.74) is 0. The normalized spacial score (nSPS) is 13.5. The van der Waals surface area contributed by atoms with E-state index in [0.29, 0.717) is 23.9 Å². The van der Waals surface area contributed by atoms with Crippen molar-refractivity contribution < 1.29 is 42.1 Å². The van der Waals surface area contributed by atoms with E-state index >= 15 is 0 Å². The fourth-order valence-corrected chi connectivity index (χ4v) is 7.29. The number of ether oxygens (including phenoxy) is 2. The van der Waals surface area contributed by atoms with Crippen LogP contribution >= 0.6 is 7.82 Å². The summed E-state index contributed by atoms with van der Waals surface area (Å²) in [6.45, 7) is 4.42. The summed E-state index contributed by atoms with van der Waals surface area (Å²) in [4.78, 5) is 35.2. The maximum atomic E-state index is 12.6. The topological polar surface area (TPSA) is 108 Å². The Labute approximate surface area is 334 Å². The lowest BCUT2D eigenvalue weighted by molar-refractivity contribution is -0.870. The van der Waals surface area contributed by atoms with Crippen LogP contribution in [-0.2, 0) is 32.7 Å². The number of hydrogen-bond donors (Lipinski definition) is 1.